The van der Waals surface area contributed by atoms with Gasteiger partial charge in [0.15, 0.2) is 5.54 Å². The standard InChI is InChI=1S/C23H23Cl2F3N4O3/c1-2-31-7-9-32(10-8-31)13-19(33)30-22(14-3-5-16(6-4-14)35-23(26,27)28)20-17(25)11-15(24)12-18(20)29-21(22)34/h3-6,11-12H,2,7-10,13H2,1H3,(H,29,34)(H,30,33). The van der Waals surface area contributed by atoms with Crippen molar-refractivity contribution >= 4 is 40.7 Å². The van der Waals surface area contributed by atoms with E-state index in [1.165, 1.54) is 24.3 Å². The first-order valence-corrected chi connectivity index (χ1v) is 11.7. The largest absolute Gasteiger partial charge is 0.573 e. The average Bonchev–Trinajstić information content (AvgIpc) is 3.05. The second kappa shape index (κ2) is 9.85. The third-order valence-corrected chi connectivity index (χ3v) is 6.66. The van der Waals surface area contributed by atoms with E-state index in [0.717, 1.165) is 31.8 Å². The van der Waals surface area contributed by atoms with E-state index in [1.54, 1.807) is 0 Å². The minimum absolute atomic E-state index is 0.0440. The molecule has 12 heteroatoms. The molecule has 2 aromatic carbocycles. The zero-order chi connectivity index (χ0) is 25.4. The maximum atomic E-state index is 13.4. The number of ether oxygens (including phenoxy) is 1. The summed E-state index contributed by atoms with van der Waals surface area (Å²) in [5.41, 5.74) is -0.977. The van der Waals surface area contributed by atoms with Crippen LogP contribution in [-0.4, -0.2) is 67.2 Å². The summed E-state index contributed by atoms with van der Waals surface area (Å²) >= 11 is 12.6. The van der Waals surface area contributed by atoms with Crippen molar-refractivity contribution in [3.8, 4) is 5.75 Å². The highest BCUT2D eigenvalue weighted by Gasteiger charge is 2.51. The molecular formula is C23H23Cl2F3N4O3. The van der Waals surface area contributed by atoms with Gasteiger partial charge in [0.1, 0.15) is 5.75 Å². The van der Waals surface area contributed by atoms with Gasteiger partial charge in [-0.1, -0.05) is 42.3 Å². The van der Waals surface area contributed by atoms with Gasteiger partial charge in [0, 0.05) is 36.8 Å². The quantitative estimate of drug-likeness (QED) is 0.593. The van der Waals surface area contributed by atoms with Gasteiger partial charge in [0.05, 0.1) is 17.3 Å². The van der Waals surface area contributed by atoms with Gasteiger partial charge >= 0.3 is 6.36 Å². The van der Waals surface area contributed by atoms with Crippen molar-refractivity contribution in [2.45, 2.75) is 18.8 Å². The van der Waals surface area contributed by atoms with Crippen LogP contribution in [0.4, 0.5) is 18.9 Å². The van der Waals surface area contributed by atoms with Gasteiger partial charge in [0.2, 0.25) is 5.91 Å². The van der Waals surface area contributed by atoms with Gasteiger partial charge in [0.25, 0.3) is 5.91 Å². The first-order chi connectivity index (χ1) is 16.5. The van der Waals surface area contributed by atoms with Crippen molar-refractivity contribution in [2.24, 2.45) is 0 Å². The second-order valence-electron chi connectivity index (χ2n) is 8.35. The third kappa shape index (κ3) is 5.35. The van der Waals surface area contributed by atoms with E-state index in [2.05, 4.69) is 27.2 Å². The molecule has 188 valence electrons. The van der Waals surface area contributed by atoms with Crippen molar-refractivity contribution in [1.82, 2.24) is 15.1 Å². The molecule has 0 radical (unpaired) electrons. The van der Waals surface area contributed by atoms with Crippen LogP contribution in [0.1, 0.15) is 18.1 Å². The summed E-state index contributed by atoms with van der Waals surface area (Å²) in [7, 11) is 0. The number of carbonyl (C=O) groups excluding carboxylic acids is 2. The number of amides is 2. The number of hydrogen-bond donors (Lipinski definition) is 2. The van der Waals surface area contributed by atoms with Crippen LogP contribution >= 0.6 is 23.2 Å². The fourth-order valence-corrected chi connectivity index (χ4v) is 5.11. The summed E-state index contributed by atoms with van der Waals surface area (Å²) in [6.07, 6.45) is -4.87. The van der Waals surface area contributed by atoms with E-state index >= 15 is 0 Å². The second-order valence-corrected chi connectivity index (χ2v) is 9.19. The molecule has 0 bridgehead atoms. The molecule has 0 aromatic heterocycles. The summed E-state index contributed by atoms with van der Waals surface area (Å²) in [5, 5.41) is 5.91. The zero-order valence-electron chi connectivity index (χ0n) is 18.7. The Morgan fingerprint density at radius 1 is 1.11 bits per heavy atom. The molecule has 1 saturated heterocycles. The summed E-state index contributed by atoms with van der Waals surface area (Å²) < 4.78 is 41.8. The first kappa shape index (κ1) is 25.6. The van der Waals surface area contributed by atoms with Gasteiger partial charge in [-0.25, -0.2) is 0 Å². The normalized spacial score (nSPS) is 20.9. The molecule has 0 aliphatic carbocycles. The molecule has 1 fully saturated rings. The number of rotatable bonds is 6. The topological polar surface area (TPSA) is 73.9 Å². The van der Waals surface area contributed by atoms with Crippen LogP contribution in [-0.2, 0) is 15.1 Å². The summed E-state index contributed by atoms with van der Waals surface area (Å²) in [6.45, 7) is 6.07. The molecule has 2 amide bonds. The van der Waals surface area contributed by atoms with Crippen LogP contribution in [0.15, 0.2) is 36.4 Å². The SMILES string of the molecule is CCN1CCN(CC(=O)NC2(c3ccc(OC(F)(F)F)cc3)C(=O)Nc3cc(Cl)cc(Cl)c32)CC1. The molecule has 7 nitrogen and oxygen atoms in total. The van der Waals surface area contributed by atoms with Crippen LogP contribution < -0.4 is 15.4 Å². The number of likely N-dealkylation sites (N-methyl/N-ethyl adjacent to an activating group) is 1. The molecule has 2 aliphatic heterocycles. The lowest BCUT2D eigenvalue weighted by Gasteiger charge is -2.35. The Morgan fingerprint density at radius 3 is 2.34 bits per heavy atom. The van der Waals surface area contributed by atoms with Crippen molar-refractivity contribution in [3.05, 3.63) is 57.6 Å². The number of anilines is 1. The Kier molecular flexibility index (Phi) is 7.19. The molecule has 0 saturated carbocycles. The first-order valence-electron chi connectivity index (χ1n) is 10.9. The molecule has 1 unspecified atom stereocenters. The highest BCUT2D eigenvalue weighted by Crippen LogP contribution is 2.46. The molecule has 0 spiro atoms. The fourth-order valence-electron chi connectivity index (χ4n) is 4.47. The highest BCUT2D eigenvalue weighted by molar-refractivity contribution is 6.37. The van der Waals surface area contributed by atoms with E-state index in [-0.39, 0.29) is 27.7 Å². The Balaban J connectivity index is 1.68. The van der Waals surface area contributed by atoms with Crippen LogP contribution in [0.3, 0.4) is 0 Å². The molecule has 2 aliphatic rings. The lowest BCUT2D eigenvalue weighted by molar-refractivity contribution is -0.274. The minimum atomic E-state index is -4.87. The lowest BCUT2D eigenvalue weighted by Crippen LogP contribution is -2.55. The monoisotopic (exact) mass is 530 g/mol. The Hall–Kier alpha value is -2.53. The zero-order valence-corrected chi connectivity index (χ0v) is 20.2. The van der Waals surface area contributed by atoms with Crippen molar-refractivity contribution in [1.29, 1.82) is 0 Å². The van der Waals surface area contributed by atoms with Crippen molar-refractivity contribution in [3.63, 3.8) is 0 Å². The number of piperazine rings is 1. The predicted octanol–water partition coefficient (Wildman–Crippen LogP) is 3.84. The van der Waals surface area contributed by atoms with E-state index in [0.29, 0.717) is 18.8 Å². The van der Waals surface area contributed by atoms with Crippen LogP contribution in [0, 0.1) is 0 Å². The van der Waals surface area contributed by atoms with Gasteiger partial charge in [-0.15, -0.1) is 13.2 Å². The average molecular weight is 531 g/mol. The maximum absolute atomic E-state index is 13.4. The minimum Gasteiger partial charge on any atom is -0.406 e. The van der Waals surface area contributed by atoms with Crippen LogP contribution in [0.5, 0.6) is 5.75 Å². The summed E-state index contributed by atoms with van der Waals surface area (Å²) in [5.74, 6) is -1.50. The van der Waals surface area contributed by atoms with Crippen LogP contribution in [0.2, 0.25) is 10.0 Å². The molecule has 2 N–H and O–H groups in total. The number of benzene rings is 2. The van der Waals surface area contributed by atoms with Gasteiger partial charge in [-0.2, -0.15) is 0 Å². The lowest BCUT2D eigenvalue weighted by atomic mass is 9.83. The number of alkyl halides is 3. The fraction of sp³-hybridized carbons (Fsp3) is 0.391. The molecule has 1 atom stereocenters. The maximum Gasteiger partial charge on any atom is 0.573 e. The highest BCUT2D eigenvalue weighted by atomic mass is 35.5. The van der Waals surface area contributed by atoms with E-state index in [9.17, 15) is 22.8 Å². The molecule has 35 heavy (non-hydrogen) atoms. The Morgan fingerprint density at radius 2 is 1.74 bits per heavy atom. The van der Waals surface area contributed by atoms with Crippen molar-refractivity contribution in [2.75, 3.05) is 44.6 Å². The summed E-state index contributed by atoms with van der Waals surface area (Å²) in [6, 6.07) is 7.68. The number of nitrogens with zero attached hydrogens (tertiary/aromatic N) is 2. The number of hydrogen-bond acceptors (Lipinski definition) is 5. The Bertz CT molecular complexity index is 1120. The Labute approximate surface area is 210 Å². The number of carbonyl (C=O) groups is 2. The number of halogens is 5. The van der Waals surface area contributed by atoms with Gasteiger partial charge in [-0.05, 0) is 36.4 Å². The van der Waals surface area contributed by atoms with Gasteiger partial charge < -0.3 is 20.3 Å². The molecule has 4 rings (SSSR count). The summed E-state index contributed by atoms with van der Waals surface area (Å²) in [4.78, 5) is 30.8. The van der Waals surface area contributed by atoms with Crippen LogP contribution in [0.25, 0.3) is 0 Å². The third-order valence-electron chi connectivity index (χ3n) is 6.15. The molecule has 2 aromatic rings. The van der Waals surface area contributed by atoms with E-state index < -0.39 is 29.5 Å². The number of nitrogens with one attached hydrogen (secondary N) is 2. The predicted molar refractivity (Wildman–Crippen MR) is 126 cm³/mol. The van der Waals surface area contributed by atoms with E-state index in [4.69, 9.17) is 23.2 Å². The smallest absolute Gasteiger partial charge is 0.406 e. The number of fused-ring (bicyclic) bond motifs is 1. The molecule has 2 heterocycles. The van der Waals surface area contributed by atoms with E-state index in [1.807, 2.05) is 4.90 Å². The van der Waals surface area contributed by atoms with Crippen molar-refractivity contribution < 1.29 is 27.5 Å². The van der Waals surface area contributed by atoms with Gasteiger partial charge in [-0.3, -0.25) is 14.5 Å². The molecular weight excluding hydrogens is 508 g/mol.